The normalized spacial score (nSPS) is 19.5. The Morgan fingerprint density at radius 1 is 1.47 bits per heavy atom. The van der Waals surface area contributed by atoms with E-state index in [2.05, 4.69) is 5.16 Å². The Labute approximate surface area is 111 Å². The number of aliphatic carboxylic acids is 1. The van der Waals surface area contributed by atoms with E-state index in [0.29, 0.717) is 36.4 Å². The van der Waals surface area contributed by atoms with Gasteiger partial charge in [0, 0.05) is 6.54 Å². The van der Waals surface area contributed by atoms with Crippen molar-refractivity contribution in [2.24, 2.45) is 0 Å². The lowest BCUT2D eigenvalue weighted by atomic mass is 10.00. The third-order valence-electron chi connectivity index (χ3n) is 3.53. The van der Waals surface area contributed by atoms with Crippen molar-refractivity contribution in [2.45, 2.75) is 45.6 Å². The van der Waals surface area contributed by atoms with Crippen LogP contribution in [0.2, 0.25) is 0 Å². The van der Waals surface area contributed by atoms with E-state index in [1.807, 2.05) is 6.92 Å². The van der Waals surface area contributed by atoms with Crippen LogP contribution < -0.4 is 0 Å². The van der Waals surface area contributed by atoms with E-state index in [-0.39, 0.29) is 5.91 Å². The molecule has 1 amide bonds. The summed E-state index contributed by atoms with van der Waals surface area (Å²) in [5, 5.41) is 13.1. The number of aryl methyl sites for hydroxylation is 2. The van der Waals surface area contributed by atoms with Crippen LogP contribution in [0.25, 0.3) is 0 Å². The maximum absolute atomic E-state index is 12.5. The van der Waals surface area contributed by atoms with Gasteiger partial charge in [0.05, 0.1) is 5.69 Å². The Morgan fingerprint density at radius 3 is 2.84 bits per heavy atom. The molecule has 1 aromatic rings. The van der Waals surface area contributed by atoms with Crippen molar-refractivity contribution < 1.29 is 19.2 Å². The minimum absolute atomic E-state index is 0.275. The SMILES string of the molecule is CCc1noc(C)c1C(=O)N1CCCCC1C(=O)O. The zero-order chi connectivity index (χ0) is 14.0. The molecule has 6 nitrogen and oxygen atoms in total. The van der Waals surface area contributed by atoms with Crippen LogP contribution in [-0.2, 0) is 11.2 Å². The molecule has 104 valence electrons. The summed E-state index contributed by atoms with van der Waals surface area (Å²) in [6.45, 7) is 4.04. The third kappa shape index (κ3) is 2.47. The van der Waals surface area contributed by atoms with Gasteiger partial charge in [0.15, 0.2) is 0 Å². The van der Waals surface area contributed by atoms with Crippen molar-refractivity contribution in [3.8, 4) is 0 Å². The molecule has 6 heteroatoms. The highest BCUT2D eigenvalue weighted by molar-refractivity contribution is 5.98. The summed E-state index contributed by atoms with van der Waals surface area (Å²) in [6.07, 6.45) is 2.77. The molecule has 19 heavy (non-hydrogen) atoms. The molecule has 1 aliphatic rings. The largest absolute Gasteiger partial charge is 0.480 e. The van der Waals surface area contributed by atoms with E-state index >= 15 is 0 Å². The second kappa shape index (κ2) is 5.42. The van der Waals surface area contributed by atoms with Crippen molar-refractivity contribution in [3.63, 3.8) is 0 Å². The quantitative estimate of drug-likeness (QED) is 0.898. The van der Waals surface area contributed by atoms with Gasteiger partial charge in [-0.1, -0.05) is 12.1 Å². The Balaban J connectivity index is 2.31. The monoisotopic (exact) mass is 266 g/mol. The van der Waals surface area contributed by atoms with Crippen LogP contribution in [0.4, 0.5) is 0 Å². The standard InChI is InChI=1S/C13H18N2O4/c1-3-9-11(8(2)19-14-9)12(16)15-7-5-4-6-10(15)13(17)18/h10H,3-7H2,1-2H3,(H,17,18). The van der Waals surface area contributed by atoms with Crippen LogP contribution in [-0.4, -0.2) is 39.6 Å². The minimum Gasteiger partial charge on any atom is -0.480 e. The Kier molecular flexibility index (Phi) is 3.87. The van der Waals surface area contributed by atoms with Crippen molar-refractivity contribution in [3.05, 3.63) is 17.0 Å². The van der Waals surface area contributed by atoms with E-state index in [0.717, 1.165) is 12.8 Å². The number of hydrogen-bond acceptors (Lipinski definition) is 4. The average molecular weight is 266 g/mol. The smallest absolute Gasteiger partial charge is 0.326 e. The van der Waals surface area contributed by atoms with Crippen LogP contribution >= 0.6 is 0 Å². The first-order valence-corrected chi connectivity index (χ1v) is 6.55. The molecule has 0 radical (unpaired) electrons. The van der Waals surface area contributed by atoms with Gasteiger partial charge in [-0.3, -0.25) is 4.79 Å². The number of amides is 1. The Hall–Kier alpha value is -1.85. The molecular weight excluding hydrogens is 248 g/mol. The molecule has 1 saturated heterocycles. The lowest BCUT2D eigenvalue weighted by Crippen LogP contribution is -2.48. The highest BCUT2D eigenvalue weighted by Crippen LogP contribution is 2.23. The molecule has 1 aromatic heterocycles. The number of carbonyl (C=O) groups excluding carboxylic acids is 1. The number of rotatable bonds is 3. The van der Waals surface area contributed by atoms with Crippen molar-refractivity contribution >= 4 is 11.9 Å². The van der Waals surface area contributed by atoms with Gasteiger partial charge in [0.2, 0.25) is 0 Å². The fraction of sp³-hybridized carbons (Fsp3) is 0.615. The van der Waals surface area contributed by atoms with E-state index in [1.165, 1.54) is 4.90 Å². The van der Waals surface area contributed by atoms with Gasteiger partial charge < -0.3 is 14.5 Å². The summed E-state index contributed by atoms with van der Waals surface area (Å²) < 4.78 is 5.05. The highest BCUT2D eigenvalue weighted by Gasteiger charge is 2.35. The van der Waals surface area contributed by atoms with Gasteiger partial charge in [-0.25, -0.2) is 4.79 Å². The molecule has 1 aliphatic heterocycles. The van der Waals surface area contributed by atoms with Gasteiger partial charge in [-0.05, 0) is 32.6 Å². The Bertz CT molecular complexity index is 495. The molecule has 1 fully saturated rings. The first-order chi connectivity index (χ1) is 9.06. The van der Waals surface area contributed by atoms with Crippen LogP contribution in [0.5, 0.6) is 0 Å². The molecule has 0 spiro atoms. The van der Waals surface area contributed by atoms with Crippen molar-refractivity contribution in [1.29, 1.82) is 0 Å². The van der Waals surface area contributed by atoms with E-state index in [1.54, 1.807) is 6.92 Å². The van der Waals surface area contributed by atoms with Gasteiger partial charge in [0.25, 0.3) is 5.91 Å². The second-order valence-corrected chi connectivity index (χ2v) is 4.76. The summed E-state index contributed by atoms with van der Waals surface area (Å²) in [5.41, 5.74) is 1.02. The molecule has 0 aliphatic carbocycles. The first kappa shape index (κ1) is 13.6. The van der Waals surface area contributed by atoms with E-state index < -0.39 is 12.0 Å². The van der Waals surface area contributed by atoms with Gasteiger partial charge in [-0.15, -0.1) is 0 Å². The number of hydrogen-bond donors (Lipinski definition) is 1. The van der Waals surface area contributed by atoms with Gasteiger partial charge >= 0.3 is 5.97 Å². The Morgan fingerprint density at radius 2 is 2.21 bits per heavy atom. The number of carboxylic acid groups (broad SMARTS) is 1. The number of carboxylic acids is 1. The molecule has 2 heterocycles. The van der Waals surface area contributed by atoms with Crippen LogP contribution in [0.15, 0.2) is 4.52 Å². The lowest BCUT2D eigenvalue weighted by Gasteiger charge is -2.32. The predicted octanol–water partition coefficient (Wildman–Crippen LogP) is 1.62. The molecule has 0 aromatic carbocycles. The minimum atomic E-state index is -0.944. The first-order valence-electron chi connectivity index (χ1n) is 6.55. The molecular formula is C13H18N2O4. The number of piperidine rings is 1. The molecule has 2 rings (SSSR count). The van der Waals surface area contributed by atoms with Gasteiger partial charge in [-0.2, -0.15) is 0 Å². The topological polar surface area (TPSA) is 83.6 Å². The zero-order valence-corrected chi connectivity index (χ0v) is 11.2. The molecule has 0 bridgehead atoms. The molecule has 1 N–H and O–H groups in total. The summed E-state index contributed by atoms with van der Waals surface area (Å²) in [6, 6.07) is -0.736. The fourth-order valence-corrected chi connectivity index (χ4v) is 2.51. The highest BCUT2D eigenvalue weighted by atomic mass is 16.5. The number of nitrogens with zero attached hydrogens (tertiary/aromatic N) is 2. The maximum Gasteiger partial charge on any atom is 0.326 e. The van der Waals surface area contributed by atoms with E-state index in [4.69, 9.17) is 4.52 Å². The van der Waals surface area contributed by atoms with Crippen LogP contribution in [0.1, 0.15) is 48.0 Å². The van der Waals surface area contributed by atoms with Crippen LogP contribution in [0, 0.1) is 6.92 Å². The average Bonchev–Trinajstić information content (AvgIpc) is 2.79. The summed E-state index contributed by atoms with van der Waals surface area (Å²) in [7, 11) is 0. The zero-order valence-electron chi connectivity index (χ0n) is 11.2. The maximum atomic E-state index is 12.5. The number of aromatic nitrogens is 1. The molecule has 1 atom stereocenters. The van der Waals surface area contributed by atoms with Crippen molar-refractivity contribution in [1.82, 2.24) is 10.1 Å². The lowest BCUT2D eigenvalue weighted by molar-refractivity contribution is -0.143. The van der Waals surface area contributed by atoms with Gasteiger partial charge in [0.1, 0.15) is 17.4 Å². The summed E-state index contributed by atoms with van der Waals surface area (Å²) in [5.74, 6) is -0.764. The summed E-state index contributed by atoms with van der Waals surface area (Å²) in [4.78, 5) is 25.2. The molecule has 0 saturated carbocycles. The number of carbonyl (C=O) groups is 2. The number of likely N-dealkylation sites (tertiary alicyclic amines) is 1. The van der Waals surface area contributed by atoms with Crippen molar-refractivity contribution in [2.75, 3.05) is 6.54 Å². The van der Waals surface area contributed by atoms with Crippen LogP contribution in [0.3, 0.4) is 0 Å². The van der Waals surface area contributed by atoms with E-state index in [9.17, 15) is 14.7 Å². The molecule has 1 unspecified atom stereocenters. The third-order valence-corrected chi connectivity index (χ3v) is 3.53. The second-order valence-electron chi connectivity index (χ2n) is 4.76. The fourth-order valence-electron chi connectivity index (χ4n) is 2.51. The predicted molar refractivity (Wildman–Crippen MR) is 66.9 cm³/mol. The summed E-state index contributed by atoms with van der Waals surface area (Å²) >= 11 is 0.